The van der Waals surface area contributed by atoms with Crippen LogP contribution < -0.4 is 10.6 Å². The van der Waals surface area contributed by atoms with Gasteiger partial charge in [0.25, 0.3) is 0 Å². The molecular weight excluding hydrogens is 302 g/mol. The van der Waals surface area contributed by atoms with Gasteiger partial charge >= 0.3 is 0 Å². The highest BCUT2D eigenvalue weighted by atomic mass is 16.2. The number of aryl methyl sites for hydroxylation is 1. The number of carbonyl (C=O) groups is 2. The van der Waals surface area contributed by atoms with Crippen molar-refractivity contribution < 1.29 is 9.59 Å². The summed E-state index contributed by atoms with van der Waals surface area (Å²) < 4.78 is 0. The van der Waals surface area contributed by atoms with Crippen LogP contribution in [-0.2, 0) is 9.59 Å². The lowest BCUT2D eigenvalue weighted by Gasteiger charge is -2.38. The molecule has 0 aliphatic carbocycles. The monoisotopic (exact) mass is 331 g/mol. The third-order valence-corrected chi connectivity index (χ3v) is 4.86. The molecule has 0 spiro atoms. The van der Waals surface area contributed by atoms with E-state index >= 15 is 0 Å². The molecule has 24 heavy (non-hydrogen) atoms. The molecule has 2 amide bonds. The molecular formula is C19H29N3O2. The van der Waals surface area contributed by atoms with Crippen LogP contribution in [0.3, 0.4) is 0 Å². The van der Waals surface area contributed by atoms with E-state index in [0.717, 1.165) is 49.4 Å². The van der Waals surface area contributed by atoms with Crippen molar-refractivity contribution in [1.82, 2.24) is 4.90 Å². The van der Waals surface area contributed by atoms with Gasteiger partial charge in [-0.05, 0) is 57.5 Å². The molecule has 0 radical (unpaired) electrons. The molecule has 0 bridgehead atoms. The zero-order valence-corrected chi connectivity index (χ0v) is 15.2. The largest absolute Gasteiger partial charge is 0.326 e. The van der Waals surface area contributed by atoms with E-state index in [1.54, 1.807) is 0 Å². The van der Waals surface area contributed by atoms with Gasteiger partial charge < -0.3 is 15.5 Å². The van der Waals surface area contributed by atoms with E-state index in [1.807, 2.05) is 39.0 Å². The van der Waals surface area contributed by atoms with Gasteiger partial charge in [0.2, 0.25) is 11.8 Å². The fourth-order valence-corrected chi connectivity index (χ4v) is 3.15. The predicted molar refractivity (Wildman–Crippen MR) is 98.2 cm³/mol. The standard InChI is InChI=1S/C19H29N3O2/c1-5-17(23)21-16-12-15(9-8-14(16)3)20-18(24)19(4)10-7-11-22(6-2)13-19/h8-9,12H,5-7,10-11,13H2,1-4H3,(H,20,24)(H,21,23). The zero-order chi connectivity index (χ0) is 17.7. The lowest BCUT2D eigenvalue weighted by atomic mass is 9.81. The van der Waals surface area contributed by atoms with Crippen LogP contribution in [0.4, 0.5) is 11.4 Å². The fraction of sp³-hybridized carbons (Fsp3) is 0.579. The molecule has 132 valence electrons. The van der Waals surface area contributed by atoms with Gasteiger partial charge in [0.15, 0.2) is 0 Å². The Bertz CT molecular complexity index is 615. The van der Waals surface area contributed by atoms with Crippen LogP contribution in [-0.4, -0.2) is 36.3 Å². The number of benzene rings is 1. The molecule has 2 rings (SSSR count). The Labute approximate surface area is 144 Å². The molecule has 0 saturated carbocycles. The van der Waals surface area contributed by atoms with E-state index in [1.165, 1.54) is 0 Å². The SMILES string of the molecule is CCC(=O)Nc1cc(NC(=O)C2(C)CCCN(CC)C2)ccc1C. The number of nitrogens with one attached hydrogen (secondary N) is 2. The molecule has 5 heteroatoms. The smallest absolute Gasteiger partial charge is 0.231 e. The Morgan fingerprint density at radius 1 is 1.25 bits per heavy atom. The molecule has 1 aromatic rings. The maximum Gasteiger partial charge on any atom is 0.231 e. The van der Waals surface area contributed by atoms with Crippen molar-refractivity contribution in [3.05, 3.63) is 23.8 Å². The van der Waals surface area contributed by atoms with Gasteiger partial charge in [-0.1, -0.05) is 19.9 Å². The van der Waals surface area contributed by atoms with Gasteiger partial charge in [0, 0.05) is 24.3 Å². The quantitative estimate of drug-likeness (QED) is 0.869. The first-order chi connectivity index (χ1) is 11.4. The van der Waals surface area contributed by atoms with Crippen molar-refractivity contribution in [1.29, 1.82) is 0 Å². The number of hydrogen-bond donors (Lipinski definition) is 2. The molecule has 0 aromatic heterocycles. The van der Waals surface area contributed by atoms with Crippen LogP contribution >= 0.6 is 0 Å². The van der Waals surface area contributed by atoms with Crippen LogP contribution in [0, 0.1) is 12.3 Å². The minimum atomic E-state index is -0.369. The molecule has 1 aliphatic rings. The van der Waals surface area contributed by atoms with Gasteiger partial charge in [0.05, 0.1) is 5.41 Å². The number of rotatable bonds is 5. The number of hydrogen-bond acceptors (Lipinski definition) is 3. The summed E-state index contributed by atoms with van der Waals surface area (Å²) in [7, 11) is 0. The Hall–Kier alpha value is -1.88. The average molecular weight is 331 g/mol. The van der Waals surface area contributed by atoms with Crippen LogP contribution in [0.1, 0.15) is 45.6 Å². The van der Waals surface area contributed by atoms with E-state index < -0.39 is 0 Å². The van der Waals surface area contributed by atoms with Gasteiger partial charge in [0.1, 0.15) is 0 Å². The Kier molecular flexibility index (Phi) is 5.99. The van der Waals surface area contributed by atoms with E-state index in [2.05, 4.69) is 22.5 Å². The predicted octanol–water partition coefficient (Wildman–Crippen LogP) is 3.40. The second-order valence-corrected chi connectivity index (χ2v) is 6.92. The van der Waals surface area contributed by atoms with Crippen LogP contribution in [0.2, 0.25) is 0 Å². The highest BCUT2D eigenvalue weighted by molar-refractivity contribution is 5.97. The number of likely N-dealkylation sites (tertiary alicyclic amines) is 1. The van der Waals surface area contributed by atoms with Crippen molar-refractivity contribution >= 4 is 23.2 Å². The van der Waals surface area contributed by atoms with E-state index in [0.29, 0.717) is 6.42 Å². The molecule has 1 heterocycles. The molecule has 2 N–H and O–H groups in total. The van der Waals surface area contributed by atoms with Crippen molar-refractivity contribution in [3.8, 4) is 0 Å². The van der Waals surface area contributed by atoms with E-state index in [-0.39, 0.29) is 17.2 Å². The lowest BCUT2D eigenvalue weighted by Crippen LogP contribution is -2.48. The maximum atomic E-state index is 12.8. The van der Waals surface area contributed by atoms with E-state index in [4.69, 9.17) is 0 Å². The lowest BCUT2D eigenvalue weighted by molar-refractivity contribution is -0.127. The number of amides is 2. The molecule has 5 nitrogen and oxygen atoms in total. The van der Waals surface area contributed by atoms with Gasteiger partial charge in [-0.15, -0.1) is 0 Å². The second-order valence-electron chi connectivity index (χ2n) is 6.92. The molecule has 1 atom stereocenters. The Morgan fingerprint density at radius 3 is 2.67 bits per heavy atom. The molecule has 1 aliphatic heterocycles. The number of piperidine rings is 1. The minimum absolute atomic E-state index is 0.0283. The first-order valence-corrected chi connectivity index (χ1v) is 8.82. The summed E-state index contributed by atoms with van der Waals surface area (Å²) in [6, 6.07) is 5.64. The fourth-order valence-electron chi connectivity index (χ4n) is 3.15. The first kappa shape index (κ1) is 18.5. The molecule has 1 saturated heterocycles. The topological polar surface area (TPSA) is 61.4 Å². The molecule has 1 fully saturated rings. The normalized spacial score (nSPS) is 21.3. The van der Waals surface area contributed by atoms with Crippen molar-refractivity contribution in [2.45, 2.75) is 47.0 Å². The van der Waals surface area contributed by atoms with Crippen LogP contribution in [0.15, 0.2) is 18.2 Å². The summed E-state index contributed by atoms with van der Waals surface area (Å²) in [5, 5.41) is 5.92. The van der Waals surface area contributed by atoms with Crippen molar-refractivity contribution in [2.75, 3.05) is 30.3 Å². The highest BCUT2D eigenvalue weighted by Crippen LogP contribution is 2.31. The van der Waals surface area contributed by atoms with Crippen LogP contribution in [0.5, 0.6) is 0 Å². The first-order valence-electron chi connectivity index (χ1n) is 8.82. The van der Waals surface area contributed by atoms with E-state index in [9.17, 15) is 9.59 Å². The Morgan fingerprint density at radius 2 is 2.00 bits per heavy atom. The summed E-state index contributed by atoms with van der Waals surface area (Å²) in [5.74, 6) is 0.0247. The maximum absolute atomic E-state index is 12.8. The Balaban J connectivity index is 2.11. The summed E-state index contributed by atoms with van der Waals surface area (Å²) in [6.07, 6.45) is 2.38. The van der Waals surface area contributed by atoms with Crippen LogP contribution in [0.25, 0.3) is 0 Å². The molecule has 1 unspecified atom stereocenters. The van der Waals surface area contributed by atoms with Gasteiger partial charge in [-0.2, -0.15) is 0 Å². The minimum Gasteiger partial charge on any atom is -0.326 e. The summed E-state index contributed by atoms with van der Waals surface area (Å²) >= 11 is 0. The molecule has 1 aromatic carbocycles. The summed E-state index contributed by atoms with van der Waals surface area (Å²) in [6.45, 7) is 10.8. The third kappa shape index (κ3) is 4.35. The number of nitrogens with zero attached hydrogens (tertiary/aromatic N) is 1. The average Bonchev–Trinajstić information content (AvgIpc) is 2.57. The summed E-state index contributed by atoms with van der Waals surface area (Å²) in [5.41, 5.74) is 2.10. The summed E-state index contributed by atoms with van der Waals surface area (Å²) in [4.78, 5) is 26.8. The third-order valence-electron chi connectivity index (χ3n) is 4.86. The highest BCUT2D eigenvalue weighted by Gasteiger charge is 2.37. The number of anilines is 2. The number of carbonyl (C=O) groups excluding carboxylic acids is 2. The van der Waals surface area contributed by atoms with Crippen molar-refractivity contribution in [3.63, 3.8) is 0 Å². The second kappa shape index (κ2) is 7.79. The van der Waals surface area contributed by atoms with Crippen molar-refractivity contribution in [2.24, 2.45) is 5.41 Å². The van der Waals surface area contributed by atoms with Gasteiger partial charge in [-0.25, -0.2) is 0 Å². The van der Waals surface area contributed by atoms with Gasteiger partial charge in [-0.3, -0.25) is 9.59 Å². The zero-order valence-electron chi connectivity index (χ0n) is 15.2.